The number of anilines is 1. The summed E-state index contributed by atoms with van der Waals surface area (Å²) < 4.78 is 5.10. The van der Waals surface area contributed by atoms with E-state index < -0.39 is 5.41 Å². The highest BCUT2D eigenvalue weighted by atomic mass is 32.1. The fraction of sp³-hybridized carbons (Fsp3) is 0.733. The van der Waals surface area contributed by atoms with Crippen LogP contribution in [0.4, 0.5) is 5.13 Å². The van der Waals surface area contributed by atoms with E-state index in [0.29, 0.717) is 12.0 Å². The Hall–Kier alpha value is -1.10. The van der Waals surface area contributed by atoms with Gasteiger partial charge < -0.3 is 10.1 Å². The van der Waals surface area contributed by atoms with Gasteiger partial charge in [-0.25, -0.2) is 4.98 Å². The van der Waals surface area contributed by atoms with E-state index in [0.717, 1.165) is 23.8 Å². The van der Waals surface area contributed by atoms with Crippen molar-refractivity contribution in [2.45, 2.75) is 53.4 Å². The quantitative estimate of drug-likeness (QED) is 0.811. The van der Waals surface area contributed by atoms with Crippen LogP contribution in [0.2, 0.25) is 0 Å². The molecule has 0 amide bonds. The van der Waals surface area contributed by atoms with E-state index in [1.165, 1.54) is 11.3 Å². The molecule has 0 fully saturated rings. The zero-order valence-corrected chi connectivity index (χ0v) is 14.2. The number of hydrogen-bond acceptors (Lipinski definition) is 5. The summed E-state index contributed by atoms with van der Waals surface area (Å²) in [5.74, 6) is -0.230. The number of carbonyl (C=O) groups excluding carboxylic acids is 1. The number of ether oxygens (including phenoxy) is 1. The molecule has 20 heavy (non-hydrogen) atoms. The van der Waals surface area contributed by atoms with Crippen LogP contribution in [0.3, 0.4) is 0 Å². The van der Waals surface area contributed by atoms with E-state index in [1.807, 2.05) is 26.2 Å². The number of nitrogens with zero attached hydrogens (tertiary/aromatic N) is 1. The second-order valence-corrected chi connectivity index (χ2v) is 7.48. The molecule has 114 valence electrons. The van der Waals surface area contributed by atoms with Crippen LogP contribution >= 0.6 is 11.3 Å². The number of nitrogens with one attached hydrogen (secondary N) is 1. The molecule has 0 aliphatic heterocycles. The van der Waals surface area contributed by atoms with Gasteiger partial charge in [-0.05, 0) is 32.6 Å². The van der Waals surface area contributed by atoms with Crippen molar-refractivity contribution in [3.05, 3.63) is 11.1 Å². The van der Waals surface area contributed by atoms with Crippen LogP contribution in [0.5, 0.6) is 0 Å². The topological polar surface area (TPSA) is 51.2 Å². The molecule has 0 spiro atoms. The maximum Gasteiger partial charge on any atom is 0.317 e. The first-order chi connectivity index (χ1) is 9.16. The second-order valence-electron chi connectivity index (χ2n) is 6.62. The Morgan fingerprint density at radius 3 is 2.55 bits per heavy atom. The molecule has 0 saturated carbocycles. The van der Waals surface area contributed by atoms with Crippen molar-refractivity contribution in [2.24, 2.45) is 5.41 Å². The lowest BCUT2D eigenvalue weighted by Gasteiger charge is -2.20. The zero-order valence-electron chi connectivity index (χ0n) is 13.4. The van der Waals surface area contributed by atoms with E-state index in [1.54, 1.807) is 0 Å². The molecule has 0 atom stereocenters. The number of hydrogen-bond donors (Lipinski definition) is 1. The van der Waals surface area contributed by atoms with Gasteiger partial charge in [-0.15, -0.1) is 11.3 Å². The molecule has 1 N–H and O–H groups in total. The highest BCUT2D eigenvalue weighted by molar-refractivity contribution is 7.13. The van der Waals surface area contributed by atoms with Crippen molar-refractivity contribution in [1.29, 1.82) is 0 Å². The lowest BCUT2D eigenvalue weighted by molar-refractivity contribution is -0.148. The van der Waals surface area contributed by atoms with Gasteiger partial charge in [0.1, 0.15) is 5.41 Å². The summed E-state index contributed by atoms with van der Waals surface area (Å²) in [7, 11) is 0. The highest BCUT2D eigenvalue weighted by Crippen LogP contribution is 2.28. The van der Waals surface area contributed by atoms with Gasteiger partial charge in [0.2, 0.25) is 0 Å². The fourth-order valence-corrected chi connectivity index (χ4v) is 2.51. The minimum Gasteiger partial charge on any atom is -0.465 e. The Morgan fingerprint density at radius 2 is 2.00 bits per heavy atom. The number of esters is 1. The third kappa shape index (κ3) is 4.78. The molecule has 5 heteroatoms. The summed E-state index contributed by atoms with van der Waals surface area (Å²) in [5, 5.41) is 6.11. The van der Waals surface area contributed by atoms with Crippen LogP contribution < -0.4 is 5.32 Å². The van der Waals surface area contributed by atoms with E-state index in [9.17, 15) is 4.79 Å². The Labute approximate surface area is 125 Å². The van der Waals surface area contributed by atoms with Crippen LogP contribution in [-0.2, 0) is 14.9 Å². The average molecular weight is 298 g/mol. The first kappa shape index (κ1) is 17.0. The Bertz CT molecular complexity index is 447. The van der Waals surface area contributed by atoms with Crippen LogP contribution in [0.15, 0.2) is 5.38 Å². The SMILES string of the molecule is CCOC(=O)C(C)(C)c1csc(NCCC(C)(C)C)n1. The standard InChI is InChI=1S/C15H26N2O2S/c1-7-19-12(18)15(5,6)11-10-20-13(17-11)16-9-8-14(2,3)4/h10H,7-9H2,1-6H3,(H,16,17). The van der Waals surface area contributed by atoms with Crippen molar-refractivity contribution in [1.82, 2.24) is 4.98 Å². The summed E-state index contributed by atoms with van der Waals surface area (Å²) in [6.07, 6.45) is 1.07. The lowest BCUT2D eigenvalue weighted by atomic mass is 9.90. The summed E-state index contributed by atoms with van der Waals surface area (Å²) >= 11 is 1.53. The molecular formula is C15H26N2O2S. The van der Waals surface area contributed by atoms with Crippen LogP contribution in [0.1, 0.15) is 53.7 Å². The first-order valence-corrected chi connectivity index (χ1v) is 7.92. The molecule has 0 saturated heterocycles. The van der Waals surface area contributed by atoms with Crippen molar-refractivity contribution in [3.8, 4) is 0 Å². The monoisotopic (exact) mass is 298 g/mol. The largest absolute Gasteiger partial charge is 0.465 e. The van der Waals surface area contributed by atoms with Crippen LogP contribution in [0.25, 0.3) is 0 Å². The van der Waals surface area contributed by atoms with Crippen molar-refractivity contribution < 1.29 is 9.53 Å². The molecule has 0 bridgehead atoms. The summed E-state index contributed by atoms with van der Waals surface area (Å²) in [6, 6.07) is 0. The molecule has 1 aromatic heterocycles. The van der Waals surface area contributed by atoms with Crippen molar-refractivity contribution in [2.75, 3.05) is 18.5 Å². The predicted octanol–water partition coefficient (Wildman–Crippen LogP) is 3.83. The fourth-order valence-electron chi connectivity index (χ4n) is 1.60. The molecule has 4 nitrogen and oxygen atoms in total. The molecule has 1 aromatic rings. The minimum atomic E-state index is -0.698. The zero-order chi connectivity index (χ0) is 15.4. The van der Waals surface area contributed by atoms with Gasteiger partial charge >= 0.3 is 5.97 Å². The molecule has 1 heterocycles. The van der Waals surface area contributed by atoms with Gasteiger partial charge in [-0.1, -0.05) is 20.8 Å². The number of thiazole rings is 1. The average Bonchev–Trinajstić information content (AvgIpc) is 2.77. The summed E-state index contributed by atoms with van der Waals surface area (Å²) in [5.41, 5.74) is 0.368. The molecule has 1 rings (SSSR count). The van der Waals surface area contributed by atoms with Gasteiger partial charge in [0, 0.05) is 11.9 Å². The maximum atomic E-state index is 11.9. The van der Waals surface area contributed by atoms with Gasteiger partial charge in [0.15, 0.2) is 5.13 Å². The second kappa shape index (κ2) is 6.57. The van der Waals surface area contributed by atoms with Crippen LogP contribution in [-0.4, -0.2) is 24.1 Å². The number of aromatic nitrogens is 1. The molecule has 0 aromatic carbocycles. The van der Waals surface area contributed by atoms with Gasteiger partial charge in [0.05, 0.1) is 12.3 Å². The first-order valence-electron chi connectivity index (χ1n) is 7.04. The van der Waals surface area contributed by atoms with Gasteiger partial charge in [-0.2, -0.15) is 0 Å². The highest BCUT2D eigenvalue weighted by Gasteiger charge is 2.33. The third-order valence-electron chi connectivity index (χ3n) is 3.08. The van der Waals surface area contributed by atoms with Gasteiger partial charge in [-0.3, -0.25) is 4.79 Å². The third-order valence-corrected chi connectivity index (χ3v) is 3.88. The Morgan fingerprint density at radius 1 is 1.35 bits per heavy atom. The molecule has 0 aliphatic rings. The van der Waals surface area contributed by atoms with E-state index >= 15 is 0 Å². The molecule has 0 radical (unpaired) electrons. The summed E-state index contributed by atoms with van der Waals surface area (Å²) in [4.78, 5) is 16.5. The Balaban J connectivity index is 2.65. The van der Waals surface area contributed by atoms with E-state index in [-0.39, 0.29) is 5.97 Å². The van der Waals surface area contributed by atoms with Gasteiger partial charge in [0.25, 0.3) is 0 Å². The lowest BCUT2D eigenvalue weighted by Crippen LogP contribution is -2.31. The van der Waals surface area contributed by atoms with Crippen molar-refractivity contribution >= 4 is 22.4 Å². The molecular weight excluding hydrogens is 272 g/mol. The van der Waals surface area contributed by atoms with E-state index in [4.69, 9.17) is 4.74 Å². The van der Waals surface area contributed by atoms with E-state index in [2.05, 4.69) is 31.1 Å². The smallest absolute Gasteiger partial charge is 0.317 e. The maximum absolute atomic E-state index is 11.9. The minimum absolute atomic E-state index is 0.230. The predicted molar refractivity (Wildman–Crippen MR) is 84.3 cm³/mol. The molecule has 0 unspecified atom stereocenters. The number of rotatable bonds is 6. The molecule has 0 aliphatic carbocycles. The van der Waals surface area contributed by atoms with Crippen LogP contribution in [0, 0.1) is 5.41 Å². The number of carbonyl (C=O) groups is 1. The Kier molecular flexibility index (Phi) is 5.57. The van der Waals surface area contributed by atoms with Crippen molar-refractivity contribution in [3.63, 3.8) is 0 Å². The summed E-state index contributed by atoms with van der Waals surface area (Å²) in [6.45, 7) is 13.4. The normalized spacial score (nSPS) is 12.3.